The lowest BCUT2D eigenvalue weighted by molar-refractivity contribution is -0.119. The molecule has 0 saturated heterocycles. The highest BCUT2D eigenvalue weighted by atomic mass is 35.5. The Labute approximate surface area is 188 Å². The van der Waals surface area contributed by atoms with Gasteiger partial charge in [-0.15, -0.1) is 11.3 Å². The molecule has 2 heterocycles. The number of methoxy groups -OCH3 is 1. The molecule has 2 rings (SSSR count). The van der Waals surface area contributed by atoms with Gasteiger partial charge >= 0.3 is 11.9 Å². The summed E-state index contributed by atoms with van der Waals surface area (Å²) in [7, 11) is 1.09. The Bertz CT molecular complexity index is 1040. The van der Waals surface area contributed by atoms with Gasteiger partial charge in [0.25, 0.3) is 12.9 Å². The molecule has 1 N–H and O–H groups in total. The van der Waals surface area contributed by atoms with E-state index in [1.807, 2.05) is 0 Å². The van der Waals surface area contributed by atoms with E-state index in [0.717, 1.165) is 14.0 Å². The van der Waals surface area contributed by atoms with Gasteiger partial charge in [-0.3, -0.25) is 4.79 Å². The van der Waals surface area contributed by atoms with Crippen molar-refractivity contribution in [2.75, 3.05) is 19.0 Å². The van der Waals surface area contributed by atoms with Crippen molar-refractivity contribution in [3.8, 4) is 0 Å². The van der Waals surface area contributed by atoms with Gasteiger partial charge < -0.3 is 14.8 Å². The molecule has 1 amide bonds. The fourth-order valence-corrected chi connectivity index (χ4v) is 4.13. The minimum Gasteiger partial charge on any atom is -0.465 e. The zero-order chi connectivity index (χ0) is 24.3. The van der Waals surface area contributed by atoms with E-state index in [-0.39, 0.29) is 27.6 Å². The molecular formula is C18H18ClF4N3O5S. The van der Waals surface area contributed by atoms with Crippen molar-refractivity contribution < 1.29 is 41.4 Å². The van der Waals surface area contributed by atoms with Crippen LogP contribution in [-0.2, 0) is 14.3 Å². The minimum atomic E-state index is -3.29. The topological polar surface area (TPSA) is 99.5 Å². The Morgan fingerprint density at radius 1 is 1.19 bits per heavy atom. The van der Waals surface area contributed by atoms with Crippen LogP contribution in [-0.4, -0.2) is 41.3 Å². The second-order valence-corrected chi connectivity index (χ2v) is 7.67. The van der Waals surface area contributed by atoms with Crippen molar-refractivity contribution in [3.63, 3.8) is 0 Å². The monoisotopic (exact) mass is 499 g/mol. The van der Waals surface area contributed by atoms with E-state index in [2.05, 4.69) is 15.2 Å². The van der Waals surface area contributed by atoms with Crippen molar-refractivity contribution in [1.29, 1.82) is 0 Å². The molecule has 0 bridgehead atoms. The number of anilines is 1. The van der Waals surface area contributed by atoms with Gasteiger partial charge in [-0.2, -0.15) is 5.10 Å². The third-order valence-electron chi connectivity index (χ3n) is 4.31. The molecule has 14 heteroatoms. The van der Waals surface area contributed by atoms with Gasteiger partial charge in [-0.1, -0.05) is 11.6 Å². The largest absolute Gasteiger partial charge is 0.465 e. The van der Waals surface area contributed by atoms with Crippen molar-refractivity contribution in [3.05, 3.63) is 32.4 Å². The SMILES string of the molecule is CCOC(=O)c1sc(NC(=O)C(C)n2nc(C(F)F)c(Cl)c2C(F)F)c(C(=O)OC)c1C. The fourth-order valence-electron chi connectivity index (χ4n) is 2.74. The standard InChI is InChI=1S/C18H18ClF4N3O5S/c1-5-31-18(29)12-6(2)8(17(28)30-4)16(32-12)24-15(27)7(3)26-11(14(22)23)9(19)10(25-26)13(20)21/h7,13-14H,5H2,1-4H3,(H,24,27). The summed E-state index contributed by atoms with van der Waals surface area (Å²) >= 11 is 6.33. The van der Waals surface area contributed by atoms with Gasteiger partial charge in [0, 0.05) is 0 Å². The smallest absolute Gasteiger partial charge is 0.348 e. The molecule has 1 atom stereocenters. The van der Waals surface area contributed by atoms with Crippen LogP contribution < -0.4 is 5.32 Å². The fraction of sp³-hybridized carbons (Fsp3) is 0.444. The summed E-state index contributed by atoms with van der Waals surface area (Å²) in [6.07, 6.45) is -6.53. The van der Waals surface area contributed by atoms with E-state index >= 15 is 0 Å². The second kappa shape index (κ2) is 10.3. The first-order valence-corrected chi connectivity index (χ1v) is 10.2. The number of nitrogens with zero attached hydrogens (tertiary/aromatic N) is 2. The number of hydrogen-bond acceptors (Lipinski definition) is 7. The van der Waals surface area contributed by atoms with Gasteiger partial charge in [0.1, 0.15) is 27.3 Å². The van der Waals surface area contributed by atoms with Gasteiger partial charge in [0.05, 0.1) is 24.3 Å². The number of esters is 2. The maximum atomic E-state index is 13.4. The lowest BCUT2D eigenvalue weighted by Crippen LogP contribution is -2.26. The van der Waals surface area contributed by atoms with Crippen LogP contribution in [0.5, 0.6) is 0 Å². The lowest BCUT2D eigenvalue weighted by atomic mass is 10.1. The molecular weight excluding hydrogens is 482 g/mol. The Balaban J connectivity index is 2.47. The van der Waals surface area contributed by atoms with E-state index in [9.17, 15) is 31.9 Å². The molecule has 0 aliphatic rings. The Hall–Kier alpha value is -2.67. The Kier molecular flexibility index (Phi) is 8.24. The Morgan fingerprint density at radius 3 is 2.31 bits per heavy atom. The van der Waals surface area contributed by atoms with Crippen LogP contribution in [0.15, 0.2) is 0 Å². The number of amides is 1. The lowest BCUT2D eigenvalue weighted by Gasteiger charge is -2.15. The highest BCUT2D eigenvalue weighted by Gasteiger charge is 2.33. The maximum absolute atomic E-state index is 13.4. The van der Waals surface area contributed by atoms with Crippen LogP contribution in [0.2, 0.25) is 5.02 Å². The van der Waals surface area contributed by atoms with Crippen molar-refractivity contribution in [2.45, 2.75) is 39.7 Å². The van der Waals surface area contributed by atoms with Crippen LogP contribution in [0.3, 0.4) is 0 Å². The molecule has 176 valence electrons. The molecule has 0 aromatic carbocycles. The van der Waals surface area contributed by atoms with Gasteiger partial charge in [-0.25, -0.2) is 31.8 Å². The maximum Gasteiger partial charge on any atom is 0.348 e. The number of thiophene rings is 1. The molecule has 0 aliphatic heterocycles. The van der Waals surface area contributed by atoms with Crippen molar-refractivity contribution in [2.24, 2.45) is 0 Å². The zero-order valence-corrected chi connectivity index (χ0v) is 18.7. The van der Waals surface area contributed by atoms with Gasteiger partial charge in [0.15, 0.2) is 0 Å². The molecule has 1 unspecified atom stereocenters. The van der Waals surface area contributed by atoms with Crippen molar-refractivity contribution >= 4 is 45.8 Å². The third-order valence-corrected chi connectivity index (χ3v) is 5.88. The third kappa shape index (κ3) is 4.88. The molecule has 0 aliphatic carbocycles. The number of rotatable bonds is 8. The minimum absolute atomic E-state index is 0.0191. The molecule has 0 saturated carbocycles. The van der Waals surface area contributed by atoms with E-state index in [0.29, 0.717) is 16.0 Å². The Morgan fingerprint density at radius 2 is 1.81 bits per heavy atom. The number of alkyl halides is 4. The summed E-state index contributed by atoms with van der Waals surface area (Å²) in [4.78, 5) is 37.1. The summed E-state index contributed by atoms with van der Waals surface area (Å²) in [5.74, 6) is -2.59. The van der Waals surface area contributed by atoms with Crippen LogP contribution >= 0.6 is 22.9 Å². The normalized spacial score (nSPS) is 12.2. The first-order chi connectivity index (χ1) is 15.0. The van der Waals surface area contributed by atoms with Crippen LogP contribution in [0, 0.1) is 6.92 Å². The summed E-state index contributed by atoms with van der Waals surface area (Å²) in [5.41, 5.74) is -2.10. The van der Waals surface area contributed by atoms with Gasteiger partial charge in [-0.05, 0) is 26.3 Å². The number of carbonyl (C=O) groups is 3. The highest BCUT2D eigenvalue weighted by Crippen LogP contribution is 2.37. The van der Waals surface area contributed by atoms with E-state index in [1.54, 1.807) is 6.92 Å². The number of nitrogens with one attached hydrogen (secondary N) is 1. The first kappa shape index (κ1) is 25.6. The van der Waals surface area contributed by atoms with Crippen molar-refractivity contribution in [1.82, 2.24) is 9.78 Å². The number of carbonyl (C=O) groups excluding carboxylic acids is 3. The van der Waals surface area contributed by atoms with Crippen LogP contribution in [0.4, 0.5) is 22.6 Å². The number of halogens is 5. The molecule has 32 heavy (non-hydrogen) atoms. The molecule has 0 spiro atoms. The quantitative estimate of drug-likeness (QED) is 0.408. The summed E-state index contributed by atoms with van der Waals surface area (Å²) in [6, 6.07) is -1.53. The predicted octanol–water partition coefficient (Wildman–Crippen LogP) is 4.94. The predicted molar refractivity (Wildman–Crippen MR) is 107 cm³/mol. The van der Waals surface area contributed by atoms with Gasteiger partial charge in [0.2, 0.25) is 5.91 Å². The number of ether oxygens (including phenoxy) is 2. The summed E-state index contributed by atoms with van der Waals surface area (Å²) in [5, 5.41) is 4.66. The molecule has 2 aromatic heterocycles. The van der Waals surface area contributed by atoms with E-state index < -0.39 is 53.1 Å². The van der Waals surface area contributed by atoms with E-state index in [4.69, 9.17) is 16.3 Å². The first-order valence-electron chi connectivity index (χ1n) is 8.99. The zero-order valence-electron chi connectivity index (χ0n) is 17.2. The number of aromatic nitrogens is 2. The summed E-state index contributed by atoms with van der Waals surface area (Å²) < 4.78 is 63.0. The molecule has 0 radical (unpaired) electrons. The average molecular weight is 500 g/mol. The highest BCUT2D eigenvalue weighted by molar-refractivity contribution is 7.18. The molecule has 2 aromatic rings. The van der Waals surface area contributed by atoms with Crippen LogP contribution in [0.1, 0.15) is 69.7 Å². The van der Waals surface area contributed by atoms with Crippen LogP contribution in [0.25, 0.3) is 0 Å². The summed E-state index contributed by atoms with van der Waals surface area (Å²) in [6.45, 7) is 4.21. The molecule has 0 fully saturated rings. The van der Waals surface area contributed by atoms with E-state index in [1.165, 1.54) is 6.92 Å². The number of hydrogen-bond donors (Lipinski definition) is 1. The average Bonchev–Trinajstić information content (AvgIpc) is 3.24. The molecule has 8 nitrogen and oxygen atoms in total. The second-order valence-electron chi connectivity index (χ2n) is 6.27.